The van der Waals surface area contributed by atoms with Crippen LogP contribution < -0.4 is 5.32 Å². The van der Waals surface area contributed by atoms with E-state index in [0.29, 0.717) is 6.04 Å². The maximum absolute atomic E-state index is 5.69. The van der Waals surface area contributed by atoms with Gasteiger partial charge in [0.1, 0.15) is 0 Å². The molecule has 14 heavy (non-hydrogen) atoms. The molecule has 1 aliphatic rings. The van der Waals surface area contributed by atoms with Crippen LogP contribution in [-0.2, 0) is 9.47 Å². The summed E-state index contributed by atoms with van der Waals surface area (Å²) in [7, 11) is 3.77. The molecule has 0 bridgehead atoms. The van der Waals surface area contributed by atoms with Gasteiger partial charge in [-0.3, -0.25) is 0 Å². The van der Waals surface area contributed by atoms with Gasteiger partial charge < -0.3 is 14.8 Å². The maximum atomic E-state index is 5.69. The Balaban J connectivity index is 2.68. The van der Waals surface area contributed by atoms with Crippen molar-refractivity contribution in [3.05, 3.63) is 12.7 Å². The first-order valence-electron chi connectivity index (χ1n) is 5.20. The Morgan fingerprint density at radius 3 is 2.64 bits per heavy atom. The van der Waals surface area contributed by atoms with Crippen LogP contribution in [0.25, 0.3) is 0 Å². The highest BCUT2D eigenvalue weighted by Crippen LogP contribution is 2.29. The lowest BCUT2D eigenvalue weighted by molar-refractivity contribution is -0.108. The zero-order chi connectivity index (χ0) is 10.4. The summed E-state index contributed by atoms with van der Waals surface area (Å²) in [5, 5.41) is 3.31. The molecule has 1 rings (SSSR count). The Kier molecular flexibility index (Phi) is 4.58. The van der Waals surface area contributed by atoms with Gasteiger partial charge in [-0.15, -0.1) is 6.58 Å². The zero-order valence-corrected chi connectivity index (χ0v) is 9.21. The fraction of sp³-hybridized carbons (Fsp3) is 0.818. The van der Waals surface area contributed by atoms with Crippen LogP contribution in [0.3, 0.4) is 0 Å². The van der Waals surface area contributed by atoms with Crippen molar-refractivity contribution in [2.45, 2.75) is 30.9 Å². The summed E-state index contributed by atoms with van der Waals surface area (Å²) in [4.78, 5) is 0. The molecule has 1 heterocycles. The molecule has 1 N–H and O–H groups in total. The van der Waals surface area contributed by atoms with E-state index in [-0.39, 0.29) is 5.60 Å². The number of rotatable bonds is 5. The Hall–Kier alpha value is -0.380. The average Bonchev–Trinajstić information content (AvgIpc) is 2.27. The van der Waals surface area contributed by atoms with E-state index in [4.69, 9.17) is 9.47 Å². The Bertz CT molecular complexity index is 176. The van der Waals surface area contributed by atoms with Gasteiger partial charge in [-0.1, -0.05) is 6.08 Å². The van der Waals surface area contributed by atoms with Gasteiger partial charge in [0.2, 0.25) is 0 Å². The molecule has 1 atom stereocenters. The minimum atomic E-state index is -0.0683. The molecule has 0 saturated carbocycles. The molecule has 1 fully saturated rings. The van der Waals surface area contributed by atoms with Crippen molar-refractivity contribution in [3.63, 3.8) is 0 Å². The maximum Gasteiger partial charge on any atom is 0.0877 e. The second kappa shape index (κ2) is 5.49. The largest absolute Gasteiger partial charge is 0.381 e. The third-order valence-corrected chi connectivity index (χ3v) is 3.13. The Morgan fingerprint density at radius 2 is 2.21 bits per heavy atom. The zero-order valence-electron chi connectivity index (χ0n) is 9.21. The minimum Gasteiger partial charge on any atom is -0.381 e. The van der Waals surface area contributed by atoms with E-state index >= 15 is 0 Å². The molecule has 0 aliphatic carbocycles. The third kappa shape index (κ3) is 2.35. The van der Waals surface area contributed by atoms with E-state index in [1.54, 1.807) is 7.11 Å². The Morgan fingerprint density at radius 1 is 1.57 bits per heavy atom. The van der Waals surface area contributed by atoms with Crippen LogP contribution in [0.15, 0.2) is 12.7 Å². The standard InChI is InChI=1S/C11H21NO2/c1-4-5-10(12-2)11(13-3)6-8-14-9-7-11/h4,10,12H,1,5-9H2,2-3H3. The van der Waals surface area contributed by atoms with Crippen molar-refractivity contribution < 1.29 is 9.47 Å². The molecule has 0 aromatic carbocycles. The molecule has 0 aromatic rings. The van der Waals surface area contributed by atoms with Crippen LogP contribution in [0.2, 0.25) is 0 Å². The van der Waals surface area contributed by atoms with E-state index in [9.17, 15) is 0 Å². The number of ether oxygens (including phenoxy) is 2. The molecule has 0 amide bonds. The second-order valence-electron chi connectivity index (χ2n) is 3.75. The van der Waals surface area contributed by atoms with Crippen molar-refractivity contribution in [2.24, 2.45) is 0 Å². The van der Waals surface area contributed by atoms with Crippen LogP contribution in [0.1, 0.15) is 19.3 Å². The molecule has 0 spiro atoms. The van der Waals surface area contributed by atoms with Crippen LogP contribution in [-0.4, -0.2) is 39.0 Å². The predicted molar refractivity (Wildman–Crippen MR) is 57.5 cm³/mol. The van der Waals surface area contributed by atoms with Crippen molar-refractivity contribution in [3.8, 4) is 0 Å². The number of hydrogen-bond acceptors (Lipinski definition) is 3. The lowest BCUT2D eigenvalue weighted by atomic mass is 9.84. The number of likely N-dealkylation sites (N-methyl/N-ethyl adjacent to an activating group) is 1. The molecule has 1 unspecified atom stereocenters. The molecular formula is C11H21NO2. The van der Waals surface area contributed by atoms with E-state index in [0.717, 1.165) is 32.5 Å². The van der Waals surface area contributed by atoms with Gasteiger partial charge in [0.05, 0.1) is 5.60 Å². The highest BCUT2D eigenvalue weighted by Gasteiger charge is 2.39. The minimum absolute atomic E-state index is 0.0683. The van der Waals surface area contributed by atoms with Gasteiger partial charge in [-0.05, 0) is 13.5 Å². The van der Waals surface area contributed by atoms with Crippen LogP contribution in [0.5, 0.6) is 0 Å². The van der Waals surface area contributed by atoms with E-state index in [2.05, 4.69) is 11.9 Å². The number of nitrogens with one attached hydrogen (secondary N) is 1. The van der Waals surface area contributed by atoms with Gasteiger partial charge in [0, 0.05) is 39.2 Å². The topological polar surface area (TPSA) is 30.5 Å². The van der Waals surface area contributed by atoms with Crippen LogP contribution in [0.4, 0.5) is 0 Å². The number of hydrogen-bond donors (Lipinski definition) is 1. The van der Waals surface area contributed by atoms with Crippen LogP contribution >= 0.6 is 0 Å². The van der Waals surface area contributed by atoms with Gasteiger partial charge in [-0.2, -0.15) is 0 Å². The average molecular weight is 199 g/mol. The van der Waals surface area contributed by atoms with Gasteiger partial charge in [0.25, 0.3) is 0 Å². The quantitative estimate of drug-likeness (QED) is 0.678. The first kappa shape index (κ1) is 11.7. The normalized spacial score (nSPS) is 23.0. The lowest BCUT2D eigenvalue weighted by Gasteiger charge is -2.42. The summed E-state index contributed by atoms with van der Waals surface area (Å²) in [6.07, 6.45) is 4.80. The molecule has 82 valence electrons. The highest BCUT2D eigenvalue weighted by atomic mass is 16.5. The summed E-state index contributed by atoms with van der Waals surface area (Å²) in [6.45, 7) is 5.37. The summed E-state index contributed by atoms with van der Waals surface area (Å²) >= 11 is 0. The molecule has 0 aromatic heterocycles. The fourth-order valence-electron chi connectivity index (χ4n) is 2.17. The fourth-order valence-corrected chi connectivity index (χ4v) is 2.17. The monoisotopic (exact) mass is 199 g/mol. The smallest absolute Gasteiger partial charge is 0.0877 e. The van der Waals surface area contributed by atoms with Crippen molar-refractivity contribution >= 4 is 0 Å². The molecule has 1 aliphatic heterocycles. The summed E-state index contributed by atoms with van der Waals surface area (Å²) in [6, 6.07) is 0.342. The summed E-state index contributed by atoms with van der Waals surface area (Å²) in [5.74, 6) is 0. The van der Waals surface area contributed by atoms with Crippen molar-refractivity contribution in [2.75, 3.05) is 27.4 Å². The number of methoxy groups -OCH3 is 1. The molecule has 0 radical (unpaired) electrons. The second-order valence-corrected chi connectivity index (χ2v) is 3.75. The van der Waals surface area contributed by atoms with Crippen molar-refractivity contribution in [1.29, 1.82) is 0 Å². The third-order valence-electron chi connectivity index (χ3n) is 3.13. The van der Waals surface area contributed by atoms with E-state index in [1.807, 2.05) is 13.1 Å². The van der Waals surface area contributed by atoms with E-state index in [1.165, 1.54) is 0 Å². The van der Waals surface area contributed by atoms with E-state index < -0.39 is 0 Å². The van der Waals surface area contributed by atoms with Crippen molar-refractivity contribution in [1.82, 2.24) is 5.32 Å². The summed E-state index contributed by atoms with van der Waals surface area (Å²) < 4.78 is 11.1. The first-order valence-corrected chi connectivity index (χ1v) is 5.20. The molecule has 3 heteroatoms. The van der Waals surface area contributed by atoms with Gasteiger partial charge >= 0.3 is 0 Å². The molecule has 1 saturated heterocycles. The van der Waals surface area contributed by atoms with Gasteiger partial charge in [-0.25, -0.2) is 0 Å². The van der Waals surface area contributed by atoms with Gasteiger partial charge in [0.15, 0.2) is 0 Å². The molecular weight excluding hydrogens is 178 g/mol. The Labute approximate surface area is 86.5 Å². The first-order chi connectivity index (χ1) is 6.79. The summed E-state index contributed by atoms with van der Waals surface area (Å²) in [5.41, 5.74) is -0.0683. The molecule has 3 nitrogen and oxygen atoms in total. The highest BCUT2D eigenvalue weighted by molar-refractivity contribution is 4.97. The predicted octanol–water partition coefficient (Wildman–Crippen LogP) is 1.35. The van der Waals surface area contributed by atoms with Crippen LogP contribution in [0, 0.1) is 0 Å². The lowest BCUT2D eigenvalue weighted by Crippen LogP contribution is -2.53. The SMILES string of the molecule is C=CCC(NC)C1(OC)CCOCC1.